The van der Waals surface area contributed by atoms with Gasteiger partial charge in [0.05, 0.1) is 0 Å². The van der Waals surface area contributed by atoms with Crippen LogP contribution in [-0.4, -0.2) is 0 Å². The van der Waals surface area contributed by atoms with Gasteiger partial charge in [-0.1, -0.05) is 13.8 Å². The number of hydrogen-bond donors (Lipinski definition) is 0. The number of benzene rings is 7. The summed E-state index contributed by atoms with van der Waals surface area (Å²) in [4.78, 5) is 0. The molecule has 0 spiro atoms. The molecule has 0 radical (unpaired) electrons. The van der Waals surface area contributed by atoms with Crippen molar-refractivity contribution >= 4 is 32.7 Å². The molecule has 0 saturated carbocycles. The van der Waals surface area contributed by atoms with Crippen LogP contribution in [-0.2, 0) is 6.42 Å². The predicted molar refractivity (Wildman–Crippen MR) is 324 cm³/mol. The Morgan fingerprint density at radius 1 is 0.192 bits per heavy atom. The molecule has 0 heteroatoms. The number of aryl methyl sites for hydroxylation is 4. The highest BCUT2D eigenvalue weighted by molar-refractivity contribution is 6.25. The van der Waals surface area contributed by atoms with Crippen LogP contribution >= 0.6 is 0 Å². The lowest BCUT2D eigenvalue weighted by molar-refractivity contribution is 0.577. The third-order valence-corrected chi connectivity index (χ3v) is 22.0. The number of rotatable bonds is 4. The molecule has 0 fully saturated rings. The minimum atomic E-state index is 0.265. The van der Waals surface area contributed by atoms with Gasteiger partial charge in [-0.3, -0.25) is 0 Å². The first-order valence-electron chi connectivity index (χ1n) is 27.8. The van der Waals surface area contributed by atoms with Crippen LogP contribution in [0.2, 0.25) is 0 Å². The van der Waals surface area contributed by atoms with Gasteiger partial charge in [0.2, 0.25) is 0 Å². The van der Waals surface area contributed by atoms with E-state index >= 15 is 0 Å². The minimum absolute atomic E-state index is 0.265. The van der Waals surface area contributed by atoms with Crippen molar-refractivity contribution in [2.45, 2.75) is 200 Å². The van der Waals surface area contributed by atoms with Crippen LogP contribution in [0.4, 0.5) is 0 Å². The third kappa shape index (κ3) is 6.76. The summed E-state index contributed by atoms with van der Waals surface area (Å²) >= 11 is 0. The fraction of sp³-hybridized carbons (Fsp3) is 0.425. The minimum Gasteiger partial charge on any atom is -0.0578 e. The van der Waals surface area contributed by atoms with E-state index in [0.717, 1.165) is 6.42 Å². The molecule has 0 aliphatic heterocycles. The second kappa shape index (κ2) is 17.6. The van der Waals surface area contributed by atoms with E-state index in [-0.39, 0.29) is 5.92 Å². The van der Waals surface area contributed by atoms with Gasteiger partial charge in [-0.05, 0) is 431 Å². The van der Waals surface area contributed by atoms with Crippen LogP contribution in [0.1, 0.15) is 183 Å². The Bertz CT molecular complexity index is 3660. The Labute approximate surface area is 442 Å². The van der Waals surface area contributed by atoms with Crippen LogP contribution < -0.4 is 0 Å². The summed E-state index contributed by atoms with van der Waals surface area (Å²) < 4.78 is 0. The van der Waals surface area contributed by atoms with Crippen molar-refractivity contribution in [3.8, 4) is 33.4 Å². The van der Waals surface area contributed by atoms with E-state index in [9.17, 15) is 0 Å². The fourth-order valence-corrected chi connectivity index (χ4v) is 15.2. The van der Waals surface area contributed by atoms with Crippen LogP contribution in [0.5, 0.6) is 0 Å². The molecule has 0 saturated heterocycles. The molecular weight excluding hydrogens is 877 g/mol. The normalized spacial score (nSPS) is 15.8. The van der Waals surface area contributed by atoms with E-state index < -0.39 is 0 Å². The summed E-state index contributed by atoms with van der Waals surface area (Å²) in [5.74, 6) is 0.555. The number of fused-ring (bicyclic) bond motifs is 5. The first kappa shape index (κ1) is 52.4. The summed E-state index contributed by atoms with van der Waals surface area (Å²) in [6.45, 7) is 67.6. The van der Waals surface area contributed by atoms with Gasteiger partial charge in [-0.2, -0.15) is 0 Å². The predicted octanol–water partition coefficient (Wildman–Crippen LogP) is 20.8. The molecule has 0 N–H and O–H groups in total. The Morgan fingerprint density at radius 2 is 0.425 bits per heavy atom. The average molecular weight is 966 g/mol. The molecule has 9 rings (SSSR count). The van der Waals surface area contributed by atoms with Crippen LogP contribution in [0.25, 0.3) is 66.1 Å². The van der Waals surface area contributed by atoms with Crippen LogP contribution in [0.15, 0.2) is 11.1 Å². The van der Waals surface area contributed by atoms with E-state index in [4.69, 9.17) is 0 Å². The van der Waals surface area contributed by atoms with Crippen LogP contribution in [0.3, 0.4) is 0 Å². The molecule has 7 aromatic carbocycles. The maximum Gasteiger partial charge on any atom is -0.000766 e. The summed E-state index contributed by atoms with van der Waals surface area (Å²) in [6.07, 6.45) is 0.999. The lowest BCUT2D eigenvalue weighted by atomic mass is 9.65. The molecule has 2 aliphatic rings. The molecule has 0 amide bonds. The van der Waals surface area contributed by atoms with Crippen molar-refractivity contribution in [2.24, 2.45) is 11.8 Å². The van der Waals surface area contributed by atoms with Gasteiger partial charge in [0.25, 0.3) is 0 Å². The van der Waals surface area contributed by atoms with Gasteiger partial charge in [-0.25, -0.2) is 0 Å². The molecule has 2 atom stereocenters. The van der Waals surface area contributed by atoms with Crippen molar-refractivity contribution in [2.75, 3.05) is 0 Å². The molecule has 0 bridgehead atoms. The maximum absolute atomic E-state index is 2.57. The molecule has 0 aromatic heterocycles. The summed E-state index contributed by atoms with van der Waals surface area (Å²) in [7, 11) is 0. The molecule has 0 nitrogen and oxygen atoms in total. The van der Waals surface area contributed by atoms with Gasteiger partial charge >= 0.3 is 0 Å². The monoisotopic (exact) mass is 965 g/mol. The second-order valence-corrected chi connectivity index (χ2v) is 24.3. The van der Waals surface area contributed by atoms with Crippen molar-refractivity contribution in [1.29, 1.82) is 0 Å². The lowest BCUT2D eigenvalue weighted by Gasteiger charge is -2.38. The third-order valence-electron chi connectivity index (χ3n) is 22.0. The molecule has 7 aromatic rings. The molecule has 0 heterocycles. The zero-order valence-corrected chi connectivity index (χ0v) is 50.9. The first-order chi connectivity index (χ1) is 34.0. The average Bonchev–Trinajstić information content (AvgIpc) is 3.76. The highest BCUT2D eigenvalue weighted by Gasteiger charge is 2.39. The SMILES string of the molecule is CC1=C(c2c(C)c(C)c(-c3c(C)c(C)c(C)c(C)c3C)c(C)c2C)C(C)C(C)C(c2c3c(C)c(C)c(C)c(C)c3c(-c3c(C)c(C)c(C)c4c3-c3c(C)c(C)c(C)c(C)c3C4)c3c(C)c(C)c(C)c(C)c23)=C1C. The zero-order chi connectivity index (χ0) is 54.1. The van der Waals surface area contributed by atoms with Gasteiger partial charge in [-0.15, -0.1) is 0 Å². The lowest BCUT2D eigenvalue weighted by Crippen LogP contribution is -2.22. The van der Waals surface area contributed by atoms with E-state index in [1.807, 2.05) is 0 Å². The summed E-state index contributed by atoms with van der Waals surface area (Å²) in [5.41, 5.74) is 55.2. The van der Waals surface area contributed by atoms with E-state index in [2.05, 4.69) is 194 Å². The van der Waals surface area contributed by atoms with E-state index in [1.165, 1.54) is 233 Å². The second-order valence-electron chi connectivity index (χ2n) is 24.3. The molecule has 380 valence electrons. The van der Waals surface area contributed by atoms with Gasteiger partial charge in [0.1, 0.15) is 0 Å². The van der Waals surface area contributed by atoms with Gasteiger partial charge in [0.15, 0.2) is 0 Å². The molecule has 2 unspecified atom stereocenters. The van der Waals surface area contributed by atoms with Crippen molar-refractivity contribution in [3.63, 3.8) is 0 Å². The largest absolute Gasteiger partial charge is 0.0578 e. The van der Waals surface area contributed by atoms with Gasteiger partial charge < -0.3 is 0 Å². The van der Waals surface area contributed by atoms with E-state index in [1.54, 1.807) is 0 Å². The standard InChI is InChI=1S/C73H88/c1-30-32(3)42(13)60(43(14)33(30)4)61-50(21)52(23)62(53(24)51(61)22)63-54(25)56(27)64(57(28)55(63)26)72-66-45(16)35(6)37(8)47(18)68(66)73(69-48(19)38(9)36(7)46(17)67(69)72)70-49(20)39(10)41(12)59-29-58-40(11)31(2)34(5)44(15)65(58)71(59)70/h54,56H,29H2,1-28H3. The number of hydrogen-bond acceptors (Lipinski definition) is 0. The first-order valence-corrected chi connectivity index (χ1v) is 27.8. The summed E-state index contributed by atoms with van der Waals surface area (Å²) in [5, 5.41) is 5.85. The quantitative estimate of drug-likeness (QED) is 0.154. The zero-order valence-electron chi connectivity index (χ0n) is 50.9. The Kier molecular flexibility index (Phi) is 12.6. The van der Waals surface area contributed by atoms with Crippen molar-refractivity contribution in [1.82, 2.24) is 0 Å². The highest BCUT2D eigenvalue weighted by atomic mass is 14.4. The maximum atomic E-state index is 2.57. The Hall–Kier alpha value is -5.46. The smallest absolute Gasteiger partial charge is 0.000766 e. The molecule has 73 heavy (non-hydrogen) atoms. The van der Waals surface area contributed by atoms with Gasteiger partial charge in [0, 0.05) is 0 Å². The van der Waals surface area contributed by atoms with Crippen molar-refractivity contribution < 1.29 is 0 Å². The molecular formula is C73H88. The topological polar surface area (TPSA) is 0 Å². The Balaban J connectivity index is 1.48. The van der Waals surface area contributed by atoms with Crippen molar-refractivity contribution in [3.05, 3.63) is 167 Å². The van der Waals surface area contributed by atoms with Crippen LogP contribution in [0, 0.1) is 178 Å². The Morgan fingerprint density at radius 3 is 0.808 bits per heavy atom. The van der Waals surface area contributed by atoms with E-state index in [0.29, 0.717) is 5.92 Å². The summed E-state index contributed by atoms with van der Waals surface area (Å²) in [6, 6.07) is 0. The highest BCUT2D eigenvalue weighted by Crippen LogP contribution is 2.59. The fourth-order valence-electron chi connectivity index (χ4n) is 15.2. The molecule has 2 aliphatic carbocycles. The number of allylic oxidation sites excluding steroid dienone is 4.